The normalized spacial score (nSPS) is 25.5. The first-order valence-corrected chi connectivity index (χ1v) is 8.06. The van der Waals surface area contributed by atoms with E-state index in [2.05, 4.69) is 36.2 Å². The van der Waals surface area contributed by atoms with E-state index in [4.69, 9.17) is 9.47 Å². The van der Waals surface area contributed by atoms with Gasteiger partial charge < -0.3 is 14.8 Å². The molecule has 3 rings (SSSR count). The van der Waals surface area contributed by atoms with Gasteiger partial charge in [0.2, 0.25) is 0 Å². The smallest absolute Gasteiger partial charge is 0.124 e. The molecule has 1 fully saturated rings. The molecule has 1 aromatic carbocycles. The van der Waals surface area contributed by atoms with Gasteiger partial charge in [0.25, 0.3) is 0 Å². The highest BCUT2D eigenvalue weighted by molar-refractivity contribution is 5.48. The first kappa shape index (κ1) is 14.7. The Labute approximate surface area is 127 Å². The fourth-order valence-corrected chi connectivity index (χ4v) is 3.29. The second-order valence-corrected chi connectivity index (χ2v) is 6.22. The third-order valence-electron chi connectivity index (χ3n) is 4.23. The molecule has 2 aliphatic rings. The summed E-state index contributed by atoms with van der Waals surface area (Å²) in [5.74, 6) is 2.07. The highest BCUT2D eigenvalue weighted by Gasteiger charge is 2.23. The Bertz CT molecular complexity index is 504. The standard InChI is InChI=1S/C17H26N2O2/c1-4-20-16-8-14-7-13(3)21-17(14)9-15(16)11-19-6-5-18-12(2)10-19/h8-9,12-13,18H,4-7,10-11H2,1-3H3. The fraction of sp³-hybridized carbons (Fsp3) is 0.647. The Hall–Kier alpha value is -1.26. The second kappa shape index (κ2) is 6.24. The van der Waals surface area contributed by atoms with Crippen LogP contribution in [0.15, 0.2) is 12.1 Å². The zero-order chi connectivity index (χ0) is 14.8. The van der Waals surface area contributed by atoms with Crippen LogP contribution < -0.4 is 14.8 Å². The van der Waals surface area contributed by atoms with Crippen LogP contribution in [-0.4, -0.2) is 43.3 Å². The molecule has 0 amide bonds. The molecular formula is C17H26N2O2. The lowest BCUT2D eigenvalue weighted by atomic mass is 10.1. The molecule has 2 atom stereocenters. The SMILES string of the molecule is CCOc1cc2c(cc1CN1CCNC(C)C1)OC(C)C2. The third kappa shape index (κ3) is 3.33. The maximum atomic E-state index is 5.90. The van der Waals surface area contributed by atoms with Gasteiger partial charge in [0.1, 0.15) is 17.6 Å². The molecule has 0 radical (unpaired) electrons. The highest BCUT2D eigenvalue weighted by atomic mass is 16.5. The number of hydrogen-bond acceptors (Lipinski definition) is 4. The van der Waals surface area contributed by atoms with Crippen LogP contribution in [0.4, 0.5) is 0 Å². The summed E-state index contributed by atoms with van der Waals surface area (Å²) in [6.45, 7) is 11.3. The lowest BCUT2D eigenvalue weighted by molar-refractivity contribution is 0.196. The number of nitrogens with one attached hydrogen (secondary N) is 1. The second-order valence-electron chi connectivity index (χ2n) is 6.22. The lowest BCUT2D eigenvalue weighted by Crippen LogP contribution is -2.48. The third-order valence-corrected chi connectivity index (χ3v) is 4.23. The summed E-state index contributed by atoms with van der Waals surface area (Å²) in [4.78, 5) is 2.49. The molecule has 4 heteroatoms. The van der Waals surface area contributed by atoms with Gasteiger partial charge in [-0.3, -0.25) is 4.90 Å². The van der Waals surface area contributed by atoms with Crippen molar-refractivity contribution >= 4 is 0 Å². The highest BCUT2D eigenvalue weighted by Crippen LogP contribution is 2.35. The summed E-state index contributed by atoms with van der Waals surface area (Å²) in [7, 11) is 0. The van der Waals surface area contributed by atoms with E-state index in [-0.39, 0.29) is 6.10 Å². The first-order chi connectivity index (χ1) is 10.2. The Kier molecular flexibility index (Phi) is 4.36. The van der Waals surface area contributed by atoms with Crippen LogP contribution in [0.5, 0.6) is 11.5 Å². The largest absolute Gasteiger partial charge is 0.494 e. The van der Waals surface area contributed by atoms with Gasteiger partial charge >= 0.3 is 0 Å². The van der Waals surface area contributed by atoms with Crippen LogP contribution in [0.1, 0.15) is 31.9 Å². The van der Waals surface area contributed by atoms with Crippen molar-refractivity contribution in [1.82, 2.24) is 10.2 Å². The molecule has 21 heavy (non-hydrogen) atoms. The molecule has 2 aliphatic heterocycles. The minimum atomic E-state index is 0.281. The van der Waals surface area contributed by atoms with Crippen molar-refractivity contribution in [2.75, 3.05) is 26.2 Å². The average Bonchev–Trinajstić information content (AvgIpc) is 2.78. The number of hydrogen-bond donors (Lipinski definition) is 1. The van der Waals surface area contributed by atoms with E-state index < -0.39 is 0 Å². The molecule has 0 bridgehead atoms. The zero-order valence-electron chi connectivity index (χ0n) is 13.3. The van der Waals surface area contributed by atoms with Crippen molar-refractivity contribution < 1.29 is 9.47 Å². The van der Waals surface area contributed by atoms with E-state index in [9.17, 15) is 0 Å². The summed E-state index contributed by atoms with van der Waals surface area (Å²) >= 11 is 0. The average molecular weight is 290 g/mol. The number of ether oxygens (including phenoxy) is 2. The van der Waals surface area contributed by atoms with Crippen LogP contribution in [0.2, 0.25) is 0 Å². The van der Waals surface area contributed by atoms with Crippen molar-refractivity contribution in [3.05, 3.63) is 23.3 Å². The summed E-state index contributed by atoms with van der Waals surface area (Å²) in [5, 5.41) is 3.49. The van der Waals surface area contributed by atoms with Crippen molar-refractivity contribution in [2.24, 2.45) is 0 Å². The van der Waals surface area contributed by atoms with E-state index in [0.717, 1.165) is 44.1 Å². The molecule has 0 saturated carbocycles. The van der Waals surface area contributed by atoms with Crippen LogP contribution in [-0.2, 0) is 13.0 Å². The van der Waals surface area contributed by atoms with Gasteiger partial charge in [-0.2, -0.15) is 0 Å². The first-order valence-electron chi connectivity index (χ1n) is 8.06. The van der Waals surface area contributed by atoms with Gasteiger partial charge in [-0.1, -0.05) is 0 Å². The quantitative estimate of drug-likeness (QED) is 0.922. The molecule has 2 heterocycles. The van der Waals surface area contributed by atoms with Gasteiger partial charge in [0.15, 0.2) is 0 Å². The summed E-state index contributed by atoms with van der Waals surface area (Å²) in [5.41, 5.74) is 2.53. The number of rotatable bonds is 4. The molecule has 1 aromatic rings. The summed E-state index contributed by atoms with van der Waals surface area (Å²) < 4.78 is 11.8. The maximum Gasteiger partial charge on any atom is 0.124 e. The van der Waals surface area contributed by atoms with E-state index in [1.807, 2.05) is 6.92 Å². The molecule has 1 saturated heterocycles. The molecule has 0 aliphatic carbocycles. The molecule has 0 aromatic heterocycles. The monoisotopic (exact) mass is 290 g/mol. The maximum absolute atomic E-state index is 5.90. The van der Waals surface area contributed by atoms with Crippen LogP contribution in [0.3, 0.4) is 0 Å². The number of piperazine rings is 1. The molecule has 0 spiro atoms. The van der Waals surface area contributed by atoms with Gasteiger partial charge in [-0.15, -0.1) is 0 Å². The Morgan fingerprint density at radius 3 is 3.00 bits per heavy atom. The van der Waals surface area contributed by atoms with Crippen molar-refractivity contribution in [3.63, 3.8) is 0 Å². The van der Waals surface area contributed by atoms with Crippen molar-refractivity contribution in [1.29, 1.82) is 0 Å². The minimum Gasteiger partial charge on any atom is -0.494 e. The Morgan fingerprint density at radius 1 is 1.38 bits per heavy atom. The number of nitrogens with zero attached hydrogens (tertiary/aromatic N) is 1. The number of fused-ring (bicyclic) bond motifs is 1. The Balaban J connectivity index is 1.81. The molecular weight excluding hydrogens is 264 g/mol. The van der Waals surface area contributed by atoms with Gasteiger partial charge in [0, 0.05) is 49.8 Å². The minimum absolute atomic E-state index is 0.281. The molecule has 2 unspecified atom stereocenters. The predicted octanol–water partition coefficient (Wildman–Crippen LogP) is 2.20. The molecule has 4 nitrogen and oxygen atoms in total. The van der Waals surface area contributed by atoms with Crippen molar-refractivity contribution in [2.45, 2.75) is 45.9 Å². The summed E-state index contributed by atoms with van der Waals surface area (Å²) in [6.07, 6.45) is 1.27. The van der Waals surface area contributed by atoms with Gasteiger partial charge in [0.05, 0.1) is 6.61 Å². The lowest BCUT2D eigenvalue weighted by Gasteiger charge is -2.32. The van der Waals surface area contributed by atoms with Gasteiger partial charge in [-0.25, -0.2) is 0 Å². The topological polar surface area (TPSA) is 33.7 Å². The van der Waals surface area contributed by atoms with E-state index in [0.29, 0.717) is 12.6 Å². The zero-order valence-corrected chi connectivity index (χ0v) is 13.3. The Morgan fingerprint density at radius 2 is 2.24 bits per heavy atom. The van der Waals surface area contributed by atoms with Crippen molar-refractivity contribution in [3.8, 4) is 11.5 Å². The van der Waals surface area contributed by atoms with Crippen LogP contribution in [0, 0.1) is 0 Å². The molecule has 1 N–H and O–H groups in total. The molecule has 116 valence electrons. The predicted molar refractivity (Wildman–Crippen MR) is 84.1 cm³/mol. The van der Waals surface area contributed by atoms with Crippen LogP contribution >= 0.6 is 0 Å². The number of benzene rings is 1. The van der Waals surface area contributed by atoms with E-state index >= 15 is 0 Å². The van der Waals surface area contributed by atoms with E-state index in [1.54, 1.807) is 0 Å². The fourth-order valence-electron chi connectivity index (χ4n) is 3.29. The van der Waals surface area contributed by atoms with E-state index in [1.165, 1.54) is 11.1 Å². The van der Waals surface area contributed by atoms with Crippen LogP contribution in [0.25, 0.3) is 0 Å². The summed E-state index contributed by atoms with van der Waals surface area (Å²) in [6, 6.07) is 4.93. The van der Waals surface area contributed by atoms with Gasteiger partial charge in [-0.05, 0) is 32.9 Å².